The average molecular weight is 258 g/mol. The highest BCUT2D eigenvalue weighted by atomic mass is 32.2. The van der Waals surface area contributed by atoms with Crippen molar-refractivity contribution in [2.24, 2.45) is 5.73 Å². The summed E-state index contributed by atoms with van der Waals surface area (Å²) >= 11 is 1.47. The Balaban J connectivity index is 2.34. The van der Waals surface area contributed by atoms with Crippen LogP contribution in [-0.2, 0) is 4.79 Å². The number of carbonyl (C=O) groups is 1. The van der Waals surface area contributed by atoms with Crippen LogP contribution in [0.2, 0.25) is 0 Å². The summed E-state index contributed by atoms with van der Waals surface area (Å²) in [6, 6.07) is 0.240. The van der Waals surface area contributed by atoms with Crippen molar-refractivity contribution in [3.05, 3.63) is 5.89 Å². The minimum atomic E-state index is -0.158. The van der Waals surface area contributed by atoms with Gasteiger partial charge in [-0.1, -0.05) is 18.9 Å². The van der Waals surface area contributed by atoms with E-state index in [1.165, 1.54) is 11.8 Å². The number of rotatable bonds is 6. The lowest BCUT2D eigenvalue weighted by atomic mass is 10.2. The summed E-state index contributed by atoms with van der Waals surface area (Å²) in [5, 5.41) is 10.1. The second-order valence-corrected chi connectivity index (χ2v) is 5.17. The minimum absolute atomic E-state index is 0.0868. The van der Waals surface area contributed by atoms with Crippen LogP contribution in [0.5, 0.6) is 0 Å². The molecule has 1 aromatic rings. The maximum atomic E-state index is 11.5. The molecule has 0 bridgehead atoms. The molecule has 1 rings (SSSR count). The summed E-state index contributed by atoms with van der Waals surface area (Å²) in [4.78, 5) is 11.5. The van der Waals surface area contributed by atoms with E-state index in [0.717, 1.165) is 5.75 Å². The molecular formula is C10H18N4O2S. The van der Waals surface area contributed by atoms with Gasteiger partial charge in [0.2, 0.25) is 11.8 Å². The van der Waals surface area contributed by atoms with Crippen LogP contribution in [0.15, 0.2) is 4.42 Å². The molecule has 1 aromatic heterocycles. The Morgan fingerprint density at radius 3 is 2.71 bits per heavy atom. The molecule has 7 heteroatoms. The van der Waals surface area contributed by atoms with E-state index >= 15 is 0 Å². The normalized spacial score (nSPS) is 12.8. The van der Waals surface area contributed by atoms with Gasteiger partial charge in [0.15, 0.2) is 0 Å². The van der Waals surface area contributed by atoms with Crippen molar-refractivity contribution >= 4 is 23.7 Å². The van der Waals surface area contributed by atoms with Crippen LogP contribution in [0.4, 0.5) is 6.01 Å². The number of nitrogens with zero attached hydrogens (tertiary/aromatic N) is 2. The second kappa shape index (κ2) is 6.61. The first-order valence-electron chi connectivity index (χ1n) is 5.45. The quantitative estimate of drug-likeness (QED) is 0.796. The number of carbonyl (C=O) groups excluding carboxylic acids is 1. The molecule has 6 nitrogen and oxygen atoms in total. The summed E-state index contributed by atoms with van der Waals surface area (Å²) < 4.78 is 5.26. The van der Waals surface area contributed by atoms with E-state index < -0.39 is 0 Å². The van der Waals surface area contributed by atoms with E-state index in [9.17, 15) is 4.79 Å². The number of nitrogens with two attached hydrogens (primary N) is 1. The van der Waals surface area contributed by atoms with E-state index in [4.69, 9.17) is 10.2 Å². The predicted molar refractivity (Wildman–Crippen MR) is 68.0 cm³/mol. The average Bonchev–Trinajstić information content (AvgIpc) is 2.65. The Labute approximate surface area is 105 Å². The van der Waals surface area contributed by atoms with Gasteiger partial charge in [-0.15, -0.1) is 5.10 Å². The number of nitrogens with one attached hydrogen (secondary N) is 1. The summed E-state index contributed by atoms with van der Waals surface area (Å²) in [6.45, 7) is 5.78. The molecule has 1 atom stereocenters. The van der Waals surface area contributed by atoms with E-state index in [2.05, 4.69) is 15.5 Å². The molecule has 1 heterocycles. The molecule has 0 aliphatic rings. The maximum absolute atomic E-state index is 11.5. The van der Waals surface area contributed by atoms with Crippen molar-refractivity contribution in [1.82, 2.24) is 10.2 Å². The Hall–Kier alpha value is -1.08. The summed E-state index contributed by atoms with van der Waals surface area (Å²) in [7, 11) is 0. The molecule has 0 aliphatic carbocycles. The first kappa shape index (κ1) is 14.0. The van der Waals surface area contributed by atoms with E-state index in [1.54, 1.807) is 0 Å². The zero-order chi connectivity index (χ0) is 12.8. The van der Waals surface area contributed by atoms with Crippen LogP contribution in [0.1, 0.15) is 32.6 Å². The number of hydrogen-bond acceptors (Lipinski definition) is 6. The Morgan fingerprint density at radius 1 is 1.47 bits per heavy atom. The van der Waals surface area contributed by atoms with Gasteiger partial charge in [-0.3, -0.25) is 10.1 Å². The zero-order valence-electron chi connectivity index (χ0n) is 10.3. The van der Waals surface area contributed by atoms with Gasteiger partial charge in [0.1, 0.15) is 0 Å². The smallest absolute Gasteiger partial charge is 0.322 e. The molecule has 0 spiro atoms. The minimum Gasteiger partial charge on any atom is -0.408 e. The second-order valence-electron chi connectivity index (χ2n) is 4.14. The summed E-state index contributed by atoms with van der Waals surface area (Å²) in [5.74, 6) is 1.59. The van der Waals surface area contributed by atoms with Gasteiger partial charge in [-0.25, -0.2) is 0 Å². The third-order valence-electron chi connectivity index (χ3n) is 1.79. The van der Waals surface area contributed by atoms with E-state index in [1.807, 2.05) is 20.8 Å². The number of aromatic nitrogens is 2. The lowest BCUT2D eigenvalue weighted by molar-refractivity contribution is -0.113. The van der Waals surface area contributed by atoms with Crippen molar-refractivity contribution in [2.75, 3.05) is 16.8 Å². The molecule has 0 saturated heterocycles. The van der Waals surface area contributed by atoms with Gasteiger partial charge in [0.05, 0.1) is 5.75 Å². The topological polar surface area (TPSA) is 94.0 Å². The number of hydrogen-bond donors (Lipinski definition) is 2. The van der Waals surface area contributed by atoms with Crippen molar-refractivity contribution in [1.29, 1.82) is 0 Å². The first-order valence-corrected chi connectivity index (χ1v) is 6.61. The molecule has 1 unspecified atom stereocenters. The fourth-order valence-corrected chi connectivity index (χ4v) is 1.76. The molecule has 0 fully saturated rings. The van der Waals surface area contributed by atoms with Gasteiger partial charge in [0, 0.05) is 17.7 Å². The van der Waals surface area contributed by atoms with Crippen molar-refractivity contribution in [3.63, 3.8) is 0 Å². The van der Waals surface area contributed by atoms with Crippen LogP contribution in [0.3, 0.4) is 0 Å². The molecular weight excluding hydrogens is 240 g/mol. The number of anilines is 1. The SMILES string of the molecule is CC(N)CSCC(=O)Nc1nnc(C(C)C)o1. The van der Waals surface area contributed by atoms with E-state index in [0.29, 0.717) is 11.6 Å². The highest BCUT2D eigenvalue weighted by Gasteiger charge is 2.12. The third-order valence-corrected chi connectivity index (χ3v) is 3.02. The number of amides is 1. The summed E-state index contributed by atoms with van der Waals surface area (Å²) in [5.41, 5.74) is 5.57. The lowest BCUT2D eigenvalue weighted by Gasteiger charge is -2.03. The molecule has 96 valence electrons. The Kier molecular flexibility index (Phi) is 5.43. The molecule has 0 aromatic carbocycles. The highest BCUT2D eigenvalue weighted by Crippen LogP contribution is 2.14. The molecule has 3 N–H and O–H groups in total. The summed E-state index contributed by atoms with van der Waals surface area (Å²) in [6.07, 6.45) is 0. The monoisotopic (exact) mass is 258 g/mol. The fraction of sp³-hybridized carbons (Fsp3) is 0.700. The van der Waals surface area contributed by atoms with Crippen LogP contribution in [0, 0.1) is 0 Å². The maximum Gasteiger partial charge on any atom is 0.322 e. The van der Waals surface area contributed by atoms with Gasteiger partial charge in [-0.2, -0.15) is 11.8 Å². The van der Waals surface area contributed by atoms with Crippen LogP contribution in [-0.4, -0.2) is 33.7 Å². The van der Waals surface area contributed by atoms with Crippen LogP contribution >= 0.6 is 11.8 Å². The molecule has 1 amide bonds. The fourth-order valence-electron chi connectivity index (χ4n) is 1.01. The Bertz CT molecular complexity index is 365. The molecule has 0 saturated carbocycles. The van der Waals surface area contributed by atoms with Crippen LogP contribution < -0.4 is 11.1 Å². The van der Waals surface area contributed by atoms with Gasteiger partial charge in [-0.05, 0) is 6.92 Å². The van der Waals surface area contributed by atoms with Crippen molar-refractivity contribution < 1.29 is 9.21 Å². The van der Waals surface area contributed by atoms with Gasteiger partial charge < -0.3 is 10.2 Å². The third kappa shape index (κ3) is 5.18. The van der Waals surface area contributed by atoms with Crippen LogP contribution in [0.25, 0.3) is 0 Å². The predicted octanol–water partition coefficient (Wildman–Crippen LogP) is 1.21. The van der Waals surface area contributed by atoms with Crippen molar-refractivity contribution in [3.8, 4) is 0 Å². The highest BCUT2D eigenvalue weighted by molar-refractivity contribution is 8.00. The van der Waals surface area contributed by atoms with E-state index in [-0.39, 0.29) is 23.9 Å². The lowest BCUT2D eigenvalue weighted by Crippen LogP contribution is -2.20. The molecule has 17 heavy (non-hydrogen) atoms. The van der Waals surface area contributed by atoms with Gasteiger partial charge >= 0.3 is 6.01 Å². The molecule has 0 aliphatic heterocycles. The van der Waals surface area contributed by atoms with Gasteiger partial charge in [0.25, 0.3) is 0 Å². The first-order chi connectivity index (χ1) is 7.99. The standard InChI is InChI=1S/C10H18N4O2S/c1-6(2)9-13-14-10(16-9)12-8(15)5-17-4-7(3)11/h6-7H,4-5,11H2,1-3H3,(H,12,14,15). The Morgan fingerprint density at radius 2 is 2.18 bits per heavy atom. The largest absolute Gasteiger partial charge is 0.408 e. The molecule has 0 radical (unpaired) electrons. The number of thioether (sulfide) groups is 1. The zero-order valence-corrected chi connectivity index (χ0v) is 11.1. The van der Waals surface area contributed by atoms with Crippen molar-refractivity contribution in [2.45, 2.75) is 32.7 Å².